The molecule has 0 saturated carbocycles. The Bertz CT molecular complexity index is 439. The second kappa shape index (κ2) is 5.46. The van der Waals surface area contributed by atoms with Crippen molar-refractivity contribution in [3.05, 3.63) is 24.4 Å². The van der Waals surface area contributed by atoms with Crippen LogP contribution in [-0.2, 0) is 10.1 Å². The molecule has 0 unspecified atom stereocenters. The molecule has 1 fully saturated rings. The summed E-state index contributed by atoms with van der Waals surface area (Å²) in [6.45, 7) is 1.15. The van der Waals surface area contributed by atoms with Crippen molar-refractivity contribution in [2.75, 3.05) is 18.0 Å². The maximum absolute atomic E-state index is 10.8. The first-order valence-electron chi connectivity index (χ1n) is 5.18. The monoisotopic (exact) mass is 257 g/mol. The molecule has 0 atom stereocenters. The molecule has 1 aliphatic heterocycles. The first kappa shape index (κ1) is 13.9. The normalized spacial score (nSPS) is 17.6. The minimum atomic E-state index is -4.13. The number of pyridine rings is 1. The van der Waals surface area contributed by atoms with Crippen molar-refractivity contribution in [1.82, 2.24) is 4.98 Å². The molecule has 2 heterocycles. The van der Waals surface area contributed by atoms with Gasteiger partial charge in [-0.15, -0.1) is 0 Å². The number of aromatic nitrogens is 1. The summed E-state index contributed by atoms with van der Waals surface area (Å²) in [5, 5.41) is -0.729. The van der Waals surface area contributed by atoms with Crippen molar-refractivity contribution in [2.45, 2.75) is 25.5 Å². The van der Waals surface area contributed by atoms with Crippen molar-refractivity contribution in [1.29, 1.82) is 0 Å². The minimum absolute atomic E-state index is 0. The SMILES string of the molecule is C.O=S(=O)([O-])C1CCN(c2ccccn2)CC1. The molecule has 0 amide bonds. The number of hydrogen-bond donors (Lipinski definition) is 0. The lowest BCUT2D eigenvalue weighted by Crippen LogP contribution is -2.39. The second-order valence-electron chi connectivity index (χ2n) is 3.87. The van der Waals surface area contributed by atoms with Gasteiger partial charge in [0.2, 0.25) is 0 Å². The van der Waals surface area contributed by atoms with E-state index < -0.39 is 15.4 Å². The zero-order valence-electron chi connectivity index (χ0n) is 8.74. The third-order valence-electron chi connectivity index (χ3n) is 2.82. The molecule has 0 bridgehead atoms. The van der Waals surface area contributed by atoms with E-state index in [-0.39, 0.29) is 7.43 Å². The van der Waals surface area contributed by atoms with Gasteiger partial charge in [0.25, 0.3) is 0 Å². The number of anilines is 1. The Morgan fingerprint density at radius 3 is 2.41 bits per heavy atom. The van der Waals surface area contributed by atoms with E-state index in [2.05, 4.69) is 4.98 Å². The summed E-state index contributed by atoms with van der Waals surface area (Å²) in [5.41, 5.74) is 0. The van der Waals surface area contributed by atoms with Crippen LogP contribution in [0.4, 0.5) is 5.82 Å². The number of piperidine rings is 1. The molecular formula is C11H17N2O3S-. The van der Waals surface area contributed by atoms with Gasteiger partial charge >= 0.3 is 0 Å². The van der Waals surface area contributed by atoms with Gasteiger partial charge in [0.15, 0.2) is 0 Å². The van der Waals surface area contributed by atoms with Crippen LogP contribution in [0.1, 0.15) is 20.3 Å². The van der Waals surface area contributed by atoms with E-state index in [1.165, 1.54) is 0 Å². The maximum atomic E-state index is 10.8. The van der Waals surface area contributed by atoms with E-state index in [1.54, 1.807) is 6.20 Å². The topological polar surface area (TPSA) is 73.3 Å². The van der Waals surface area contributed by atoms with Crippen LogP contribution in [0.25, 0.3) is 0 Å². The molecule has 1 aromatic rings. The van der Waals surface area contributed by atoms with Gasteiger partial charge in [0.1, 0.15) is 5.82 Å². The fraction of sp³-hybridized carbons (Fsp3) is 0.545. The summed E-state index contributed by atoms with van der Waals surface area (Å²) in [7, 11) is -4.13. The van der Waals surface area contributed by atoms with Gasteiger partial charge < -0.3 is 9.45 Å². The molecule has 0 aliphatic carbocycles. The Hall–Kier alpha value is -1.14. The zero-order chi connectivity index (χ0) is 11.6. The van der Waals surface area contributed by atoms with E-state index in [1.807, 2.05) is 23.1 Å². The maximum Gasteiger partial charge on any atom is 0.128 e. The average molecular weight is 257 g/mol. The van der Waals surface area contributed by atoms with E-state index >= 15 is 0 Å². The van der Waals surface area contributed by atoms with Crippen LogP contribution in [0.15, 0.2) is 24.4 Å². The summed E-state index contributed by atoms with van der Waals surface area (Å²) in [5.74, 6) is 0.837. The van der Waals surface area contributed by atoms with Crippen LogP contribution in [-0.4, -0.2) is 36.3 Å². The predicted molar refractivity (Wildman–Crippen MR) is 65.9 cm³/mol. The van der Waals surface area contributed by atoms with E-state index in [0.29, 0.717) is 25.9 Å². The van der Waals surface area contributed by atoms with Crippen molar-refractivity contribution in [3.63, 3.8) is 0 Å². The predicted octanol–water partition coefficient (Wildman–Crippen LogP) is 1.23. The molecule has 0 N–H and O–H groups in total. The van der Waals surface area contributed by atoms with Crippen molar-refractivity contribution < 1.29 is 13.0 Å². The summed E-state index contributed by atoms with van der Waals surface area (Å²) in [4.78, 5) is 6.19. The number of nitrogens with zero attached hydrogens (tertiary/aromatic N) is 2. The van der Waals surface area contributed by atoms with Crippen LogP contribution < -0.4 is 4.90 Å². The van der Waals surface area contributed by atoms with Gasteiger partial charge in [0.05, 0.1) is 15.4 Å². The highest BCUT2D eigenvalue weighted by Gasteiger charge is 2.24. The lowest BCUT2D eigenvalue weighted by Gasteiger charge is -2.33. The Balaban J connectivity index is 0.00000144. The summed E-state index contributed by atoms with van der Waals surface area (Å²) in [6, 6.07) is 5.60. The molecule has 0 radical (unpaired) electrons. The zero-order valence-corrected chi connectivity index (χ0v) is 9.56. The molecule has 96 valence electrons. The van der Waals surface area contributed by atoms with Gasteiger partial charge in [-0.25, -0.2) is 13.4 Å². The van der Waals surface area contributed by atoms with Gasteiger partial charge in [-0.2, -0.15) is 0 Å². The van der Waals surface area contributed by atoms with E-state index in [9.17, 15) is 13.0 Å². The van der Waals surface area contributed by atoms with Crippen LogP contribution in [0.3, 0.4) is 0 Å². The summed E-state index contributed by atoms with van der Waals surface area (Å²) >= 11 is 0. The molecule has 0 aromatic carbocycles. The first-order chi connectivity index (χ1) is 7.57. The largest absolute Gasteiger partial charge is 0.748 e. The van der Waals surface area contributed by atoms with Gasteiger partial charge in [0, 0.05) is 19.3 Å². The minimum Gasteiger partial charge on any atom is -0.748 e. The first-order valence-corrected chi connectivity index (χ1v) is 6.65. The molecule has 1 aromatic heterocycles. The van der Waals surface area contributed by atoms with Crippen molar-refractivity contribution >= 4 is 15.9 Å². The highest BCUT2D eigenvalue weighted by atomic mass is 32.2. The summed E-state index contributed by atoms with van der Waals surface area (Å²) in [6.07, 6.45) is 2.48. The molecule has 1 aliphatic rings. The fourth-order valence-corrected chi connectivity index (χ4v) is 2.70. The van der Waals surface area contributed by atoms with Crippen LogP contribution >= 0.6 is 0 Å². The van der Waals surface area contributed by atoms with Gasteiger partial charge in [-0.3, -0.25) is 0 Å². The lowest BCUT2D eigenvalue weighted by atomic mass is 10.1. The third-order valence-corrected chi connectivity index (χ3v) is 4.11. The average Bonchev–Trinajstić information content (AvgIpc) is 2.29. The Morgan fingerprint density at radius 1 is 1.29 bits per heavy atom. The van der Waals surface area contributed by atoms with E-state index in [0.717, 1.165) is 5.82 Å². The molecule has 2 rings (SSSR count). The van der Waals surface area contributed by atoms with Crippen molar-refractivity contribution in [3.8, 4) is 0 Å². The lowest BCUT2D eigenvalue weighted by molar-refractivity contribution is 0.428. The Kier molecular flexibility index (Phi) is 4.47. The molecule has 6 heteroatoms. The second-order valence-corrected chi connectivity index (χ2v) is 5.52. The number of hydrogen-bond acceptors (Lipinski definition) is 5. The quantitative estimate of drug-likeness (QED) is 0.745. The highest BCUT2D eigenvalue weighted by molar-refractivity contribution is 7.86. The molecular weight excluding hydrogens is 240 g/mol. The molecule has 1 saturated heterocycles. The Morgan fingerprint density at radius 2 is 1.94 bits per heavy atom. The van der Waals surface area contributed by atoms with E-state index in [4.69, 9.17) is 0 Å². The molecule has 5 nitrogen and oxygen atoms in total. The smallest absolute Gasteiger partial charge is 0.128 e. The van der Waals surface area contributed by atoms with Crippen LogP contribution in [0.5, 0.6) is 0 Å². The Labute approximate surface area is 102 Å². The van der Waals surface area contributed by atoms with Gasteiger partial charge in [-0.1, -0.05) is 13.5 Å². The van der Waals surface area contributed by atoms with Crippen LogP contribution in [0.2, 0.25) is 0 Å². The summed E-state index contributed by atoms with van der Waals surface area (Å²) < 4.78 is 32.5. The third kappa shape index (κ3) is 3.41. The number of rotatable bonds is 2. The fourth-order valence-electron chi connectivity index (χ4n) is 1.91. The van der Waals surface area contributed by atoms with Crippen molar-refractivity contribution in [2.24, 2.45) is 0 Å². The van der Waals surface area contributed by atoms with Crippen LogP contribution in [0, 0.1) is 0 Å². The molecule has 0 spiro atoms. The highest BCUT2D eigenvalue weighted by Crippen LogP contribution is 2.20. The molecule has 17 heavy (non-hydrogen) atoms. The standard InChI is InChI=1S/C10H14N2O3S.CH4/c13-16(14,15)9-4-7-12(8-5-9)10-3-1-2-6-11-10;/h1-3,6,9H,4-5,7-8H2,(H,13,14,15);1H4/p-1. The van der Waals surface area contributed by atoms with Gasteiger partial charge in [-0.05, 0) is 25.0 Å².